The van der Waals surface area contributed by atoms with Gasteiger partial charge in [0, 0.05) is 0 Å². The molecule has 0 aliphatic carbocycles. The van der Waals surface area contributed by atoms with E-state index < -0.39 is 0 Å². The van der Waals surface area contributed by atoms with Crippen molar-refractivity contribution in [3.63, 3.8) is 0 Å². The summed E-state index contributed by atoms with van der Waals surface area (Å²) in [6.07, 6.45) is 4.91. The van der Waals surface area contributed by atoms with Crippen LogP contribution in [0.15, 0.2) is 92.5 Å². The second-order valence-electron chi connectivity index (χ2n) is 6.17. The van der Waals surface area contributed by atoms with E-state index in [0.29, 0.717) is 21.4 Å². The first-order valence-corrected chi connectivity index (χ1v) is 9.66. The Balaban J connectivity index is 1.60. The number of nitrogens with zero attached hydrogens (tertiary/aromatic N) is 3. The SMILES string of the molecule is O=C1/C(=C/c2ccccc2)S/C(=N\N=C\c2ccc(F)cc2)N1Cc1ccco1. The van der Waals surface area contributed by atoms with Gasteiger partial charge < -0.3 is 4.42 Å². The number of furan rings is 1. The van der Waals surface area contributed by atoms with Gasteiger partial charge in [0.1, 0.15) is 11.6 Å². The fraction of sp³-hybridized carbons (Fsp3) is 0.0455. The first-order chi connectivity index (χ1) is 14.2. The van der Waals surface area contributed by atoms with E-state index in [1.807, 2.05) is 36.4 Å². The molecule has 0 spiro atoms. The molecule has 29 heavy (non-hydrogen) atoms. The van der Waals surface area contributed by atoms with Crippen molar-refractivity contribution in [3.05, 3.63) is 101 Å². The van der Waals surface area contributed by atoms with Crippen molar-refractivity contribution in [1.82, 2.24) is 4.90 Å². The van der Waals surface area contributed by atoms with Crippen LogP contribution >= 0.6 is 11.8 Å². The molecule has 1 fully saturated rings. The highest BCUT2D eigenvalue weighted by atomic mass is 32.2. The Bertz CT molecular complexity index is 1080. The van der Waals surface area contributed by atoms with Crippen molar-refractivity contribution in [2.75, 3.05) is 0 Å². The average molecular weight is 405 g/mol. The zero-order valence-electron chi connectivity index (χ0n) is 15.2. The first kappa shape index (κ1) is 18.9. The lowest BCUT2D eigenvalue weighted by atomic mass is 10.2. The molecule has 0 bridgehead atoms. The predicted molar refractivity (Wildman–Crippen MR) is 113 cm³/mol. The lowest BCUT2D eigenvalue weighted by Crippen LogP contribution is -2.28. The first-order valence-electron chi connectivity index (χ1n) is 8.84. The van der Waals surface area contributed by atoms with Gasteiger partial charge in [-0.3, -0.25) is 9.69 Å². The molecule has 0 saturated carbocycles. The molecule has 3 aromatic rings. The van der Waals surface area contributed by atoms with Crippen molar-refractivity contribution in [2.24, 2.45) is 10.2 Å². The molecule has 1 aliphatic heterocycles. The molecule has 144 valence electrons. The number of benzene rings is 2. The molecule has 0 N–H and O–H groups in total. The Morgan fingerprint density at radius 1 is 1.00 bits per heavy atom. The van der Waals surface area contributed by atoms with Gasteiger partial charge in [-0.25, -0.2) is 4.39 Å². The van der Waals surface area contributed by atoms with E-state index in [9.17, 15) is 9.18 Å². The zero-order valence-corrected chi connectivity index (χ0v) is 16.1. The number of halogens is 1. The van der Waals surface area contributed by atoms with E-state index in [-0.39, 0.29) is 18.3 Å². The van der Waals surface area contributed by atoms with E-state index in [4.69, 9.17) is 4.42 Å². The third-order valence-corrected chi connectivity index (χ3v) is 5.10. The molecule has 1 aromatic heterocycles. The minimum absolute atomic E-state index is 0.161. The molecule has 7 heteroatoms. The minimum atomic E-state index is -0.314. The third-order valence-electron chi connectivity index (χ3n) is 4.10. The molecule has 0 unspecified atom stereocenters. The lowest BCUT2D eigenvalue weighted by Gasteiger charge is -2.12. The van der Waals surface area contributed by atoms with Crippen LogP contribution in [-0.4, -0.2) is 22.2 Å². The van der Waals surface area contributed by atoms with E-state index in [0.717, 1.165) is 5.56 Å². The molecule has 1 aliphatic rings. The van der Waals surface area contributed by atoms with E-state index in [1.165, 1.54) is 35.0 Å². The maximum absolute atomic E-state index is 13.0. The zero-order chi connectivity index (χ0) is 20.1. The van der Waals surface area contributed by atoms with Gasteiger partial charge in [-0.2, -0.15) is 5.10 Å². The number of hydrogen-bond donors (Lipinski definition) is 0. The van der Waals surface area contributed by atoms with Crippen LogP contribution in [0.5, 0.6) is 0 Å². The number of carbonyl (C=O) groups excluding carboxylic acids is 1. The molecular weight excluding hydrogens is 389 g/mol. The van der Waals surface area contributed by atoms with Crippen LogP contribution in [0.25, 0.3) is 6.08 Å². The summed E-state index contributed by atoms with van der Waals surface area (Å²) in [7, 11) is 0. The van der Waals surface area contributed by atoms with Crippen LogP contribution in [-0.2, 0) is 11.3 Å². The summed E-state index contributed by atoms with van der Waals surface area (Å²) in [4.78, 5) is 15.0. The van der Waals surface area contributed by atoms with Crippen LogP contribution in [0.4, 0.5) is 4.39 Å². The number of amidine groups is 1. The fourth-order valence-corrected chi connectivity index (χ4v) is 3.61. The van der Waals surface area contributed by atoms with Crippen molar-refractivity contribution >= 4 is 35.1 Å². The van der Waals surface area contributed by atoms with Crippen molar-refractivity contribution in [1.29, 1.82) is 0 Å². The second-order valence-corrected chi connectivity index (χ2v) is 7.18. The summed E-state index contributed by atoms with van der Waals surface area (Å²) in [6, 6.07) is 19.1. The van der Waals surface area contributed by atoms with Gasteiger partial charge in [-0.1, -0.05) is 42.5 Å². The summed E-state index contributed by atoms with van der Waals surface area (Å²) in [5.74, 6) is 0.173. The summed E-state index contributed by atoms with van der Waals surface area (Å²) in [6.45, 7) is 0.260. The Hall–Kier alpha value is -3.45. The smallest absolute Gasteiger partial charge is 0.267 e. The Morgan fingerprint density at radius 2 is 1.79 bits per heavy atom. The number of hydrogen-bond acceptors (Lipinski definition) is 5. The van der Waals surface area contributed by atoms with Gasteiger partial charge >= 0.3 is 0 Å². The number of carbonyl (C=O) groups is 1. The van der Waals surface area contributed by atoms with Crippen LogP contribution in [0.1, 0.15) is 16.9 Å². The van der Waals surface area contributed by atoms with E-state index in [1.54, 1.807) is 30.5 Å². The average Bonchev–Trinajstić information content (AvgIpc) is 3.35. The van der Waals surface area contributed by atoms with Crippen LogP contribution in [0, 0.1) is 5.82 Å². The molecule has 1 saturated heterocycles. The summed E-state index contributed by atoms with van der Waals surface area (Å²) in [5.41, 5.74) is 1.64. The van der Waals surface area contributed by atoms with Crippen molar-refractivity contribution in [2.45, 2.75) is 6.54 Å². The third kappa shape index (κ3) is 4.70. The summed E-state index contributed by atoms with van der Waals surface area (Å²) < 4.78 is 18.4. The minimum Gasteiger partial charge on any atom is -0.467 e. The predicted octanol–water partition coefficient (Wildman–Crippen LogP) is 4.93. The van der Waals surface area contributed by atoms with Crippen molar-refractivity contribution < 1.29 is 13.6 Å². The van der Waals surface area contributed by atoms with Gasteiger partial charge in [0.15, 0.2) is 5.17 Å². The van der Waals surface area contributed by atoms with E-state index in [2.05, 4.69) is 10.2 Å². The van der Waals surface area contributed by atoms with Gasteiger partial charge in [0.2, 0.25) is 0 Å². The standard InChI is InChI=1S/C22H16FN3O2S/c23-18-10-8-17(9-11-18)14-24-25-22-26(15-19-7-4-12-28-19)21(27)20(29-22)13-16-5-2-1-3-6-16/h1-14H,15H2/b20-13-,24-14+,25-22-. The Morgan fingerprint density at radius 3 is 2.52 bits per heavy atom. The van der Waals surface area contributed by atoms with Crippen LogP contribution < -0.4 is 0 Å². The molecule has 4 rings (SSSR count). The van der Waals surface area contributed by atoms with Crippen LogP contribution in [0.3, 0.4) is 0 Å². The molecule has 1 amide bonds. The lowest BCUT2D eigenvalue weighted by molar-refractivity contribution is -0.122. The fourth-order valence-electron chi connectivity index (χ4n) is 2.67. The molecule has 0 radical (unpaired) electrons. The molecule has 2 heterocycles. The van der Waals surface area contributed by atoms with Gasteiger partial charge in [0.25, 0.3) is 5.91 Å². The largest absolute Gasteiger partial charge is 0.467 e. The van der Waals surface area contributed by atoms with Crippen molar-refractivity contribution in [3.8, 4) is 0 Å². The highest BCUT2D eigenvalue weighted by Gasteiger charge is 2.34. The topological polar surface area (TPSA) is 58.2 Å². The number of rotatable bonds is 5. The Labute approximate surface area is 171 Å². The number of amides is 1. The molecule has 0 atom stereocenters. The molecular formula is C22H16FN3O2S. The van der Waals surface area contributed by atoms with Gasteiger partial charge in [0.05, 0.1) is 23.9 Å². The highest BCUT2D eigenvalue weighted by molar-refractivity contribution is 8.18. The summed E-state index contributed by atoms with van der Waals surface area (Å²) in [5, 5.41) is 8.75. The van der Waals surface area contributed by atoms with E-state index >= 15 is 0 Å². The maximum atomic E-state index is 13.0. The maximum Gasteiger partial charge on any atom is 0.267 e. The molecule has 5 nitrogen and oxygen atoms in total. The molecule has 2 aromatic carbocycles. The van der Waals surface area contributed by atoms with Gasteiger partial charge in [-0.05, 0) is 53.2 Å². The Kier molecular flexibility index (Phi) is 5.67. The highest BCUT2D eigenvalue weighted by Crippen LogP contribution is 2.33. The second kappa shape index (κ2) is 8.70. The normalized spacial score (nSPS) is 17.1. The monoisotopic (exact) mass is 405 g/mol. The quantitative estimate of drug-likeness (QED) is 0.344. The van der Waals surface area contributed by atoms with Gasteiger partial charge in [-0.15, -0.1) is 5.10 Å². The van der Waals surface area contributed by atoms with Crippen LogP contribution in [0.2, 0.25) is 0 Å². The summed E-state index contributed by atoms with van der Waals surface area (Å²) >= 11 is 1.25. The number of thioether (sulfide) groups is 1.